The van der Waals surface area contributed by atoms with Crippen molar-refractivity contribution in [1.29, 1.82) is 0 Å². The molecule has 0 fully saturated rings. The Morgan fingerprint density at radius 2 is 2.00 bits per heavy atom. The largest absolute Gasteiger partial charge is 0.326 e. The molecule has 1 aromatic heterocycles. The number of nitrogens with two attached hydrogens (primary N) is 1. The van der Waals surface area contributed by atoms with Crippen molar-refractivity contribution < 1.29 is 0 Å². The Morgan fingerprint density at radius 1 is 1.38 bits per heavy atom. The van der Waals surface area contributed by atoms with Crippen LogP contribution >= 0.6 is 11.3 Å². The van der Waals surface area contributed by atoms with E-state index in [9.17, 15) is 0 Å². The average molecular weight is 240 g/mol. The zero-order chi connectivity index (χ0) is 12.3. The Bertz CT molecular complexity index is 319. The van der Waals surface area contributed by atoms with Gasteiger partial charge in [-0.15, -0.1) is 11.3 Å². The molecule has 0 radical (unpaired) electrons. The summed E-state index contributed by atoms with van der Waals surface area (Å²) in [6.07, 6.45) is 1.16. The molecule has 0 bridgehead atoms. The van der Waals surface area contributed by atoms with Gasteiger partial charge in [0.25, 0.3) is 0 Å². The predicted molar refractivity (Wildman–Crippen MR) is 73.0 cm³/mol. The molecule has 1 heterocycles. The van der Waals surface area contributed by atoms with Crippen LogP contribution < -0.4 is 5.73 Å². The number of hydrogen-bond acceptors (Lipinski definition) is 3. The van der Waals surface area contributed by atoms with Gasteiger partial charge >= 0.3 is 0 Å². The van der Waals surface area contributed by atoms with Crippen molar-refractivity contribution in [2.24, 2.45) is 5.73 Å². The Kier molecular flexibility index (Phi) is 4.96. The number of hydrogen-bond donors (Lipinski definition) is 1. The van der Waals surface area contributed by atoms with Crippen molar-refractivity contribution >= 4 is 11.3 Å². The molecule has 0 spiro atoms. The minimum absolute atomic E-state index is 0.164. The van der Waals surface area contributed by atoms with Gasteiger partial charge in [0, 0.05) is 21.8 Å². The second-order valence-electron chi connectivity index (χ2n) is 4.68. The lowest BCUT2D eigenvalue weighted by molar-refractivity contribution is 0.164. The first-order valence-electron chi connectivity index (χ1n) is 6.01. The summed E-state index contributed by atoms with van der Waals surface area (Å²) in [4.78, 5) is 5.14. The van der Waals surface area contributed by atoms with Crippen molar-refractivity contribution in [2.75, 3.05) is 7.05 Å². The molecule has 0 saturated heterocycles. The minimum Gasteiger partial charge on any atom is -0.326 e. The van der Waals surface area contributed by atoms with Gasteiger partial charge in [0.2, 0.25) is 0 Å². The maximum Gasteiger partial charge on any atom is 0.0590 e. The van der Waals surface area contributed by atoms with E-state index in [0.29, 0.717) is 12.1 Å². The van der Waals surface area contributed by atoms with Gasteiger partial charge in [0.05, 0.1) is 6.04 Å². The maximum absolute atomic E-state index is 6.14. The first-order chi connectivity index (χ1) is 7.47. The Labute approximate surface area is 103 Å². The number of likely N-dealkylation sites (N-methyl/N-ethyl adjacent to an activating group) is 1. The molecular formula is C13H24N2S. The molecule has 0 aliphatic rings. The second-order valence-corrected chi connectivity index (χ2v) is 5.99. The Balaban J connectivity index is 2.91. The van der Waals surface area contributed by atoms with E-state index in [2.05, 4.69) is 51.8 Å². The summed E-state index contributed by atoms with van der Waals surface area (Å²) < 4.78 is 0. The van der Waals surface area contributed by atoms with Gasteiger partial charge in [-0.3, -0.25) is 4.90 Å². The third-order valence-electron chi connectivity index (χ3n) is 3.28. The molecule has 0 amide bonds. The van der Waals surface area contributed by atoms with Gasteiger partial charge in [-0.2, -0.15) is 0 Å². The second kappa shape index (κ2) is 5.80. The third-order valence-corrected chi connectivity index (χ3v) is 4.35. The molecule has 0 saturated carbocycles. The highest BCUT2D eigenvalue weighted by molar-refractivity contribution is 7.12. The van der Waals surface area contributed by atoms with Crippen LogP contribution in [0.3, 0.4) is 0 Å². The smallest absolute Gasteiger partial charge is 0.0590 e. The highest BCUT2D eigenvalue weighted by Gasteiger charge is 2.25. The predicted octanol–water partition coefficient (Wildman–Crippen LogP) is 3.18. The summed E-state index contributed by atoms with van der Waals surface area (Å²) in [6.45, 7) is 8.73. The summed E-state index contributed by atoms with van der Waals surface area (Å²) in [5, 5.41) is 0. The fraction of sp³-hybridized carbons (Fsp3) is 0.692. The highest BCUT2D eigenvalue weighted by atomic mass is 32.1. The van der Waals surface area contributed by atoms with Gasteiger partial charge in [0.1, 0.15) is 0 Å². The van der Waals surface area contributed by atoms with Crippen LogP contribution in [-0.4, -0.2) is 24.0 Å². The molecule has 2 N–H and O–H groups in total. The lowest BCUT2D eigenvalue weighted by atomic mass is 10.0. The number of thiophene rings is 1. The molecule has 92 valence electrons. The lowest BCUT2D eigenvalue weighted by Crippen LogP contribution is -2.41. The zero-order valence-electron chi connectivity index (χ0n) is 11.0. The van der Waals surface area contributed by atoms with Crippen LogP contribution in [0.5, 0.6) is 0 Å². The van der Waals surface area contributed by atoms with Crippen LogP contribution in [-0.2, 0) is 0 Å². The number of aryl methyl sites for hydroxylation is 1. The molecular weight excluding hydrogens is 216 g/mol. The van der Waals surface area contributed by atoms with E-state index in [-0.39, 0.29) is 6.04 Å². The fourth-order valence-corrected chi connectivity index (χ4v) is 3.15. The van der Waals surface area contributed by atoms with Crippen molar-refractivity contribution in [3.8, 4) is 0 Å². The van der Waals surface area contributed by atoms with Gasteiger partial charge in [-0.1, -0.05) is 6.92 Å². The Morgan fingerprint density at radius 3 is 2.38 bits per heavy atom. The van der Waals surface area contributed by atoms with E-state index in [4.69, 9.17) is 5.73 Å². The number of nitrogens with zero attached hydrogens (tertiary/aromatic N) is 1. The van der Waals surface area contributed by atoms with Gasteiger partial charge in [-0.25, -0.2) is 0 Å². The van der Waals surface area contributed by atoms with Crippen LogP contribution in [0.2, 0.25) is 0 Å². The quantitative estimate of drug-likeness (QED) is 0.856. The van der Waals surface area contributed by atoms with E-state index in [1.54, 1.807) is 0 Å². The molecule has 1 aromatic rings. The average Bonchev–Trinajstić information content (AvgIpc) is 2.63. The van der Waals surface area contributed by atoms with E-state index in [1.165, 1.54) is 9.75 Å². The molecule has 3 heteroatoms. The molecule has 2 nitrogen and oxygen atoms in total. The van der Waals surface area contributed by atoms with Crippen molar-refractivity contribution in [3.05, 3.63) is 21.9 Å². The number of rotatable bonds is 5. The SMILES string of the molecule is CCC(C)N(C)C(c1ccc(C)s1)C(C)N. The molecule has 0 aromatic carbocycles. The van der Waals surface area contributed by atoms with Crippen molar-refractivity contribution in [3.63, 3.8) is 0 Å². The normalized spacial score (nSPS) is 17.4. The summed E-state index contributed by atoms with van der Waals surface area (Å²) in [6, 6.07) is 5.47. The van der Waals surface area contributed by atoms with E-state index in [1.807, 2.05) is 11.3 Å². The Hall–Kier alpha value is -0.380. The van der Waals surface area contributed by atoms with E-state index >= 15 is 0 Å². The van der Waals surface area contributed by atoms with Crippen molar-refractivity contribution in [2.45, 2.75) is 52.2 Å². The van der Waals surface area contributed by atoms with E-state index in [0.717, 1.165) is 6.42 Å². The standard InChI is InChI=1S/C13H24N2S/c1-6-9(2)15(5)13(11(4)14)12-8-7-10(3)16-12/h7-9,11,13H,6,14H2,1-5H3. The third kappa shape index (κ3) is 3.06. The van der Waals surface area contributed by atoms with Crippen LogP contribution in [0.15, 0.2) is 12.1 Å². The highest BCUT2D eigenvalue weighted by Crippen LogP contribution is 2.30. The summed E-state index contributed by atoms with van der Waals surface area (Å²) in [7, 11) is 2.18. The topological polar surface area (TPSA) is 29.3 Å². The lowest BCUT2D eigenvalue weighted by Gasteiger charge is -2.34. The van der Waals surface area contributed by atoms with Crippen LogP contribution in [0.1, 0.15) is 43.0 Å². The van der Waals surface area contributed by atoms with Crippen LogP contribution in [0, 0.1) is 6.92 Å². The van der Waals surface area contributed by atoms with E-state index < -0.39 is 0 Å². The molecule has 3 atom stereocenters. The summed E-state index contributed by atoms with van der Waals surface area (Å²) in [5.41, 5.74) is 6.14. The van der Waals surface area contributed by atoms with Crippen LogP contribution in [0.25, 0.3) is 0 Å². The maximum atomic E-state index is 6.14. The first-order valence-corrected chi connectivity index (χ1v) is 6.82. The molecule has 0 aliphatic heterocycles. The molecule has 1 rings (SSSR count). The van der Waals surface area contributed by atoms with Gasteiger partial charge < -0.3 is 5.73 Å². The molecule has 0 aliphatic carbocycles. The van der Waals surface area contributed by atoms with Gasteiger partial charge in [-0.05, 0) is 46.4 Å². The van der Waals surface area contributed by atoms with Crippen molar-refractivity contribution in [1.82, 2.24) is 4.90 Å². The molecule has 3 unspecified atom stereocenters. The summed E-state index contributed by atoms with van der Waals surface area (Å²) in [5.74, 6) is 0. The minimum atomic E-state index is 0.164. The fourth-order valence-electron chi connectivity index (χ4n) is 2.01. The first kappa shape index (κ1) is 13.7. The zero-order valence-corrected chi connectivity index (χ0v) is 11.8. The van der Waals surface area contributed by atoms with Crippen LogP contribution in [0.4, 0.5) is 0 Å². The molecule has 16 heavy (non-hydrogen) atoms. The van der Waals surface area contributed by atoms with Gasteiger partial charge in [0.15, 0.2) is 0 Å². The monoisotopic (exact) mass is 240 g/mol. The summed E-state index contributed by atoms with van der Waals surface area (Å²) >= 11 is 1.86.